The van der Waals surface area contributed by atoms with E-state index in [4.69, 9.17) is 4.98 Å². The molecule has 5 aromatic rings. The zero-order chi connectivity index (χ0) is 20.1. The number of aromatic nitrogens is 2. The normalized spacial score (nSPS) is 15.4. The molecule has 0 atom stereocenters. The molecule has 6 rings (SSSR count). The van der Waals surface area contributed by atoms with Crippen LogP contribution in [0.2, 0.25) is 0 Å². The standard InChI is InChI=1S/C28H26N2/c1-19-10-9-16-21(20-11-3-2-4-12-20)27(19)26-18-29-28-24-15-6-5-13-22(24)23-14-7-8-17-25(23)30(26)28/h5-10,13-18,20H,2-4,11-12H2,1H3. The van der Waals surface area contributed by atoms with Crippen molar-refractivity contribution < 1.29 is 0 Å². The van der Waals surface area contributed by atoms with Crippen LogP contribution < -0.4 is 0 Å². The minimum absolute atomic E-state index is 0.658. The Hall–Kier alpha value is -3.13. The summed E-state index contributed by atoms with van der Waals surface area (Å²) in [6.45, 7) is 2.25. The first-order valence-electron chi connectivity index (χ1n) is 11.2. The Kier molecular flexibility index (Phi) is 4.12. The smallest absolute Gasteiger partial charge is 0.145 e. The molecule has 30 heavy (non-hydrogen) atoms. The second-order valence-electron chi connectivity index (χ2n) is 8.74. The molecule has 1 aliphatic carbocycles. The number of imidazole rings is 1. The second kappa shape index (κ2) is 6.98. The Balaban J connectivity index is 1.72. The molecule has 1 saturated carbocycles. The summed E-state index contributed by atoms with van der Waals surface area (Å²) < 4.78 is 2.40. The molecule has 0 amide bonds. The van der Waals surface area contributed by atoms with Gasteiger partial charge in [-0.3, -0.25) is 4.40 Å². The van der Waals surface area contributed by atoms with E-state index < -0.39 is 0 Å². The first kappa shape index (κ1) is 17.7. The zero-order valence-corrected chi connectivity index (χ0v) is 17.4. The highest BCUT2D eigenvalue weighted by atomic mass is 15.0. The molecule has 2 heterocycles. The fraction of sp³-hybridized carbons (Fsp3) is 0.250. The van der Waals surface area contributed by atoms with E-state index in [1.807, 2.05) is 0 Å². The summed E-state index contributed by atoms with van der Waals surface area (Å²) in [5.41, 5.74) is 7.75. The number of benzene rings is 3. The van der Waals surface area contributed by atoms with Gasteiger partial charge in [-0.2, -0.15) is 0 Å². The molecular weight excluding hydrogens is 364 g/mol. The minimum atomic E-state index is 0.658. The quantitative estimate of drug-likeness (QED) is 0.283. The van der Waals surface area contributed by atoms with Gasteiger partial charge in [0.25, 0.3) is 0 Å². The molecule has 2 aromatic heterocycles. The van der Waals surface area contributed by atoms with Gasteiger partial charge in [-0.15, -0.1) is 0 Å². The van der Waals surface area contributed by atoms with Crippen LogP contribution in [0.5, 0.6) is 0 Å². The number of nitrogens with zero attached hydrogens (tertiary/aromatic N) is 2. The van der Waals surface area contributed by atoms with E-state index in [0.717, 1.165) is 5.65 Å². The molecule has 2 heteroatoms. The summed E-state index contributed by atoms with van der Waals surface area (Å²) in [5.74, 6) is 0.658. The number of rotatable bonds is 2. The van der Waals surface area contributed by atoms with Gasteiger partial charge in [-0.1, -0.05) is 79.9 Å². The maximum Gasteiger partial charge on any atom is 0.145 e. The lowest BCUT2D eigenvalue weighted by molar-refractivity contribution is 0.444. The van der Waals surface area contributed by atoms with Gasteiger partial charge < -0.3 is 0 Å². The molecular formula is C28H26N2. The van der Waals surface area contributed by atoms with E-state index >= 15 is 0 Å². The molecule has 0 bridgehead atoms. The lowest BCUT2D eigenvalue weighted by Gasteiger charge is -2.25. The topological polar surface area (TPSA) is 17.3 Å². The average molecular weight is 391 g/mol. The minimum Gasteiger partial charge on any atom is -0.292 e. The van der Waals surface area contributed by atoms with Crippen LogP contribution in [0.4, 0.5) is 0 Å². The summed E-state index contributed by atoms with van der Waals surface area (Å²) in [5, 5.41) is 3.78. The van der Waals surface area contributed by atoms with E-state index in [0.29, 0.717) is 5.92 Å². The van der Waals surface area contributed by atoms with Crippen molar-refractivity contribution in [3.8, 4) is 11.3 Å². The molecule has 0 radical (unpaired) electrons. The third-order valence-electron chi connectivity index (χ3n) is 6.97. The Morgan fingerprint density at radius 2 is 1.50 bits per heavy atom. The number of fused-ring (bicyclic) bond motifs is 6. The van der Waals surface area contributed by atoms with Crippen molar-refractivity contribution in [1.82, 2.24) is 9.38 Å². The largest absolute Gasteiger partial charge is 0.292 e. The Labute approximate surface area is 177 Å². The summed E-state index contributed by atoms with van der Waals surface area (Å²) in [6.07, 6.45) is 8.78. The molecule has 0 spiro atoms. The van der Waals surface area contributed by atoms with E-state index in [-0.39, 0.29) is 0 Å². The maximum absolute atomic E-state index is 4.96. The van der Waals surface area contributed by atoms with Crippen molar-refractivity contribution in [1.29, 1.82) is 0 Å². The van der Waals surface area contributed by atoms with Gasteiger partial charge in [0.05, 0.1) is 17.4 Å². The highest BCUT2D eigenvalue weighted by molar-refractivity contribution is 6.12. The number of aryl methyl sites for hydroxylation is 1. The highest BCUT2D eigenvalue weighted by Crippen LogP contribution is 2.41. The van der Waals surface area contributed by atoms with Crippen molar-refractivity contribution in [2.45, 2.75) is 44.9 Å². The van der Waals surface area contributed by atoms with Gasteiger partial charge in [-0.05, 0) is 48.3 Å². The lowest BCUT2D eigenvalue weighted by atomic mass is 9.80. The van der Waals surface area contributed by atoms with E-state index in [9.17, 15) is 0 Å². The van der Waals surface area contributed by atoms with E-state index in [1.54, 1.807) is 0 Å². The highest BCUT2D eigenvalue weighted by Gasteiger charge is 2.23. The monoisotopic (exact) mass is 390 g/mol. The molecule has 2 nitrogen and oxygen atoms in total. The van der Waals surface area contributed by atoms with Gasteiger partial charge in [0.15, 0.2) is 0 Å². The third-order valence-corrected chi connectivity index (χ3v) is 6.97. The predicted molar refractivity (Wildman–Crippen MR) is 126 cm³/mol. The van der Waals surface area contributed by atoms with Crippen LogP contribution in [0.25, 0.3) is 38.6 Å². The van der Waals surface area contributed by atoms with Crippen LogP contribution in [-0.4, -0.2) is 9.38 Å². The summed E-state index contributed by atoms with van der Waals surface area (Å²) >= 11 is 0. The van der Waals surface area contributed by atoms with E-state index in [1.165, 1.54) is 76.2 Å². The molecule has 0 unspecified atom stereocenters. The van der Waals surface area contributed by atoms with Crippen LogP contribution in [0, 0.1) is 6.92 Å². The van der Waals surface area contributed by atoms with Gasteiger partial charge in [-0.25, -0.2) is 4.98 Å². The van der Waals surface area contributed by atoms with Crippen molar-refractivity contribution in [3.63, 3.8) is 0 Å². The number of pyridine rings is 1. The molecule has 1 aliphatic rings. The van der Waals surface area contributed by atoms with Crippen LogP contribution in [0.15, 0.2) is 72.9 Å². The van der Waals surface area contributed by atoms with Crippen LogP contribution in [-0.2, 0) is 0 Å². The van der Waals surface area contributed by atoms with E-state index in [2.05, 4.69) is 84.3 Å². The zero-order valence-electron chi connectivity index (χ0n) is 17.4. The van der Waals surface area contributed by atoms with Crippen LogP contribution in [0.1, 0.15) is 49.1 Å². The molecule has 1 fully saturated rings. The van der Waals surface area contributed by atoms with Gasteiger partial charge >= 0.3 is 0 Å². The number of hydrogen-bond acceptors (Lipinski definition) is 1. The first-order valence-corrected chi connectivity index (χ1v) is 11.2. The Bertz CT molecular complexity index is 1390. The number of hydrogen-bond donors (Lipinski definition) is 0. The summed E-state index contributed by atoms with van der Waals surface area (Å²) in [6, 6.07) is 24.3. The lowest BCUT2D eigenvalue weighted by Crippen LogP contribution is -2.07. The molecule has 0 saturated heterocycles. The summed E-state index contributed by atoms with van der Waals surface area (Å²) in [7, 11) is 0. The van der Waals surface area contributed by atoms with Crippen LogP contribution in [0.3, 0.4) is 0 Å². The van der Waals surface area contributed by atoms with Crippen molar-refractivity contribution in [3.05, 3.63) is 84.1 Å². The van der Waals surface area contributed by atoms with Crippen molar-refractivity contribution >= 4 is 27.3 Å². The molecule has 3 aromatic carbocycles. The molecule has 0 aliphatic heterocycles. The summed E-state index contributed by atoms with van der Waals surface area (Å²) in [4.78, 5) is 4.96. The molecule has 148 valence electrons. The van der Waals surface area contributed by atoms with Gasteiger partial charge in [0, 0.05) is 16.3 Å². The Morgan fingerprint density at radius 1 is 0.767 bits per heavy atom. The predicted octanol–water partition coefficient (Wildman–Crippen LogP) is 7.66. The van der Waals surface area contributed by atoms with Gasteiger partial charge in [0.2, 0.25) is 0 Å². The fourth-order valence-corrected chi connectivity index (χ4v) is 5.57. The van der Waals surface area contributed by atoms with Crippen molar-refractivity contribution in [2.24, 2.45) is 0 Å². The SMILES string of the molecule is Cc1cccc(C2CCCCC2)c1-c1cnc2c3ccccc3c3ccccc3n12. The maximum atomic E-state index is 4.96. The third kappa shape index (κ3) is 2.60. The average Bonchev–Trinajstić information content (AvgIpc) is 3.25. The second-order valence-corrected chi connectivity index (χ2v) is 8.74. The molecule has 0 N–H and O–H groups in total. The fourth-order valence-electron chi connectivity index (χ4n) is 5.57. The van der Waals surface area contributed by atoms with Gasteiger partial charge in [0.1, 0.15) is 5.65 Å². The van der Waals surface area contributed by atoms with Crippen molar-refractivity contribution in [2.75, 3.05) is 0 Å². The number of para-hydroxylation sites is 1. The first-order chi connectivity index (χ1) is 14.8. The Morgan fingerprint density at radius 3 is 2.33 bits per heavy atom. The van der Waals surface area contributed by atoms with Crippen LogP contribution >= 0.6 is 0 Å².